The zero-order valence-corrected chi connectivity index (χ0v) is 16.9. The van der Waals surface area contributed by atoms with E-state index in [1.165, 1.54) is 12.1 Å². The van der Waals surface area contributed by atoms with E-state index < -0.39 is 0 Å². The van der Waals surface area contributed by atoms with E-state index in [2.05, 4.69) is 54.1 Å². The van der Waals surface area contributed by atoms with Crippen LogP contribution in [0.3, 0.4) is 0 Å². The summed E-state index contributed by atoms with van der Waals surface area (Å²) in [7, 11) is 0.0605. The highest BCUT2D eigenvalue weighted by atomic mass is 79.9. The van der Waals surface area contributed by atoms with Crippen LogP contribution in [0.5, 0.6) is 0 Å². The largest absolute Gasteiger partial charge is 0.264 e. The molecule has 0 aliphatic rings. The molecule has 0 saturated heterocycles. The van der Waals surface area contributed by atoms with Gasteiger partial charge in [0.2, 0.25) is 0 Å². The monoisotopic (exact) mass is 411 g/mol. The Labute approximate surface area is 154 Å². The van der Waals surface area contributed by atoms with Crippen LogP contribution in [0, 0.1) is 5.82 Å². The molecule has 0 radical (unpaired) electrons. The molecule has 0 spiro atoms. The highest BCUT2D eigenvalue weighted by Crippen LogP contribution is 2.22. The maximum Gasteiger partial charge on any atom is 0.123 e. The van der Waals surface area contributed by atoms with Crippen LogP contribution in [0.1, 0.15) is 32.9 Å². The standard InChI is InChI=1S/C18H23BrFN3S/c1-18(2,3)24(4)22-12-6-5-7-17-16(19)13-21-23(17)15-10-8-14(20)9-11-15/h5,7-11,13H,6,12H2,1-4H3/b7-5-. The van der Waals surface area contributed by atoms with Gasteiger partial charge >= 0.3 is 0 Å². The van der Waals surface area contributed by atoms with Gasteiger partial charge in [-0.25, -0.2) is 9.07 Å². The Morgan fingerprint density at radius 1 is 1.29 bits per heavy atom. The van der Waals surface area contributed by atoms with Gasteiger partial charge in [0.1, 0.15) is 5.82 Å². The van der Waals surface area contributed by atoms with E-state index in [9.17, 15) is 4.39 Å². The maximum atomic E-state index is 13.1. The predicted molar refractivity (Wildman–Crippen MR) is 105 cm³/mol. The van der Waals surface area contributed by atoms with Crippen LogP contribution in [0.4, 0.5) is 4.39 Å². The molecule has 130 valence electrons. The summed E-state index contributed by atoms with van der Waals surface area (Å²) in [5, 5.41) is 4.35. The van der Waals surface area contributed by atoms with Gasteiger partial charge in [-0.05, 0) is 58.9 Å². The van der Waals surface area contributed by atoms with E-state index >= 15 is 0 Å². The summed E-state index contributed by atoms with van der Waals surface area (Å²) in [6, 6.07) is 6.30. The zero-order valence-electron chi connectivity index (χ0n) is 14.5. The second kappa shape index (κ2) is 8.21. The normalized spacial score (nSPS) is 13.8. The van der Waals surface area contributed by atoms with E-state index in [-0.39, 0.29) is 21.3 Å². The van der Waals surface area contributed by atoms with Crippen molar-refractivity contribution in [1.29, 1.82) is 0 Å². The molecule has 2 rings (SSSR count). The van der Waals surface area contributed by atoms with E-state index in [4.69, 9.17) is 4.36 Å². The van der Waals surface area contributed by atoms with Gasteiger partial charge in [0.15, 0.2) is 0 Å². The zero-order chi connectivity index (χ0) is 17.7. The van der Waals surface area contributed by atoms with Crippen LogP contribution in [0.15, 0.2) is 45.4 Å². The first-order chi connectivity index (χ1) is 11.3. The van der Waals surface area contributed by atoms with Crippen molar-refractivity contribution >= 4 is 32.7 Å². The minimum Gasteiger partial charge on any atom is -0.264 e. The average Bonchev–Trinajstić information content (AvgIpc) is 2.88. The number of nitrogens with zero attached hydrogens (tertiary/aromatic N) is 3. The van der Waals surface area contributed by atoms with E-state index in [1.807, 2.05) is 6.08 Å². The molecule has 1 unspecified atom stereocenters. The van der Waals surface area contributed by atoms with Gasteiger partial charge in [-0.2, -0.15) is 5.10 Å². The predicted octanol–water partition coefficient (Wildman–Crippen LogP) is 5.41. The van der Waals surface area contributed by atoms with Crippen molar-refractivity contribution in [2.24, 2.45) is 4.36 Å². The summed E-state index contributed by atoms with van der Waals surface area (Å²) in [5.74, 6) is -0.252. The molecule has 0 N–H and O–H groups in total. The first kappa shape index (κ1) is 19.1. The molecule has 1 atom stereocenters. The molecular formula is C18H23BrFN3S. The first-order valence-corrected chi connectivity index (χ1v) is 10.2. The molecule has 0 saturated carbocycles. The Kier molecular flexibility index (Phi) is 6.52. The van der Waals surface area contributed by atoms with Gasteiger partial charge in [-0.1, -0.05) is 37.5 Å². The molecule has 1 aromatic heterocycles. The smallest absolute Gasteiger partial charge is 0.123 e. The number of rotatable bonds is 5. The molecule has 0 aliphatic heterocycles. The summed E-state index contributed by atoms with van der Waals surface area (Å²) < 4.78 is 20.7. The number of benzene rings is 1. The molecule has 6 heteroatoms. The molecule has 2 aromatic rings. The average molecular weight is 412 g/mol. The van der Waals surface area contributed by atoms with Gasteiger partial charge in [-0.15, -0.1) is 0 Å². The topological polar surface area (TPSA) is 30.2 Å². The van der Waals surface area contributed by atoms with Crippen molar-refractivity contribution in [3.05, 3.63) is 52.5 Å². The van der Waals surface area contributed by atoms with Crippen LogP contribution < -0.4 is 0 Å². The lowest BCUT2D eigenvalue weighted by Crippen LogP contribution is -2.20. The van der Waals surface area contributed by atoms with E-state index in [1.54, 1.807) is 23.0 Å². The van der Waals surface area contributed by atoms with Crippen molar-refractivity contribution in [2.75, 3.05) is 12.8 Å². The minimum absolute atomic E-state index is 0.0605. The Hall–Kier alpha value is -1.27. The first-order valence-electron chi connectivity index (χ1n) is 7.78. The summed E-state index contributed by atoms with van der Waals surface area (Å²) in [6.45, 7) is 7.46. The van der Waals surface area contributed by atoms with Crippen molar-refractivity contribution in [1.82, 2.24) is 9.78 Å². The van der Waals surface area contributed by atoms with Crippen LogP contribution in [-0.2, 0) is 10.7 Å². The van der Waals surface area contributed by atoms with Gasteiger partial charge in [0.05, 0.1) is 22.1 Å². The molecular weight excluding hydrogens is 389 g/mol. The maximum absolute atomic E-state index is 13.1. The van der Waals surface area contributed by atoms with Crippen LogP contribution in [-0.4, -0.2) is 27.3 Å². The lowest BCUT2D eigenvalue weighted by atomic mass is 10.3. The second-order valence-electron chi connectivity index (χ2n) is 6.40. The van der Waals surface area contributed by atoms with Crippen molar-refractivity contribution in [2.45, 2.75) is 31.9 Å². The molecule has 0 aliphatic carbocycles. The lowest BCUT2D eigenvalue weighted by molar-refractivity contribution is 0.627. The van der Waals surface area contributed by atoms with Gasteiger partial charge in [-0.3, -0.25) is 4.36 Å². The van der Waals surface area contributed by atoms with Crippen molar-refractivity contribution in [3.63, 3.8) is 0 Å². The Balaban J connectivity index is 2.08. The number of hydrogen-bond donors (Lipinski definition) is 0. The molecule has 0 bridgehead atoms. The van der Waals surface area contributed by atoms with Crippen LogP contribution >= 0.6 is 15.9 Å². The molecule has 24 heavy (non-hydrogen) atoms. The number of halogens is 2. The minimum atomic E-state index is -0.252. The summed E-state index contributed by atoms with van der Waals surface area (Å²) in [4.78, 5) is 0. The van der Waals surface area contributed by atoms with Gasteiger partial charge < -0.3 is 0 Å². The summed E-state index contributed by atoms with van der Waals surface area (Å²) >= 11 is 3.52. The van der Waals surface area contributed by atoms with Crippen molar-refractivity contribution in [3.8, 4) is 5.69 Å². The van der Waals surface area contributed by atoms with E-state index in [0.29, 0.717) is 0 Å². The third-order valence-corrected chi connectivity index (χ3v) is 6.53. The summed E-state index contributed by atoms with van der Waals surface area (Å²) in [5.41, 5.74) is 1.77. The molecule has 0 fully saturated rings. The SMILES string of the molecule is CS(=NCC/C=C\c1c(Br)cnn1-c1ccc(F)cc1)C(C)(C)C. The highest BCUT2D eigenvalue weighted by Gasteiger charge is 2.12. The molecule has 1 heterocycles. The number of hydrogen-bond acceptors (Lipinski definition) is 2. The highest BCUT2D eigenvalue weighted by molar-refractivity contribution is 9.10. The Bertz CT molecular complexity index is 743. The van der Waals surface area contributed by atoms with Crippen LogP contribution in [0.25, 0.3) is 11.8 Å². The quantitative estimate of drug-likeness (QED) is 0.605. The Morgan fingerprint density at radius 3 is 2.58 bits per heavy atom. The number of aromatic nitrogens is 2. The second-order valence-corrected chi connectivity index (χ2v) is 9.69. The van der Waals surface area contributed by atoms with Gasteiger partial charge in [0, 0.05) is 11.3 Å². The van der Waals surface area contributed by atoms with Gasteiger partial charge in [0.25, 0.3) is 0 Å². The van der Waals surface area contributed by atoms with E-state index in [0.717, 1.165) is 28.8 Å². The Morgan fingerprint density at radius 2 is 1.96 bits per heavy atom. The lowest BCUT2D eigenvalue weighted by Gasteiger charge is -2.19. The summed E-state index contributed by atoms with van der Waals surface area (Å²) in [6.07, 6.45) is 8.95. The molecule has 1 aromatic carbocycles. The molecule has 3 nitrogen and oxygen atoms in total. The third-order valence-electron chi connectivity index (χ3n) is 3.57. The fourth-order valence-electron chi connectivity index (χ4n) is 1.93. The fourth-order valence-corrected chi connectivity index (χ4v) is 3.09. The fraction of sp³-hybridized carbons (Fsp3) is 0.389. The third kappa shape index (κ3) is 5.11. The van der Waals surface area contributed by atoms with Crippen molar-refractivity contribution < 1.29 is 4.39 Å². The van der Waals surface area contributed by atoms with Crippen LogP contribution in [0.2, 0.25) is 0 Å². The molecule has 0 amide bonds.